The van der Waals surface area contributed by atoms with Crippen LogP contribution < -0.4 is 9.47 Å². The van der Waals surface area contributed by atoms with Crippen molar-refractivity contribution >= 4 is 27.3 Å². The molecule has 12 heteroatoms. The SMILES string of the molecule is FC(F)(F)c1ccc2c(-c3nnc(-c4cccc5cc(C(F)(F)F)ccc45)o3)cccc2c1.O=C(C1c2ccccc2Oc2ccccc21)C1c2ccccc2Oc2ccccc21. The van der Waals surface area contributed by atoms with Crippen molar-refractivity contribution in [1.29, 1.82) is 0 Å². The van der Waals surface area contributed by atoms with Gasteiger partial charge in [0.05, 0.1) is 23.0 Å². The molecule has 2 aliphatic rings. The molecule has 0 atom stereocenters. The molecule has 0 saturated heterocycles. The average molecular weight is 849 g/mol. The van der Waals surface area contributed by atoms with Gasteiger partial charge in [-0.1, -0.05) is 109 Å². The molecule has 0 bridgehead atoms. The molecule has 0 aliphatic carbocycles. The Morgan fingerprint density at radius 2 is 0.778 bits per heavy atom. The minimum atomic E-state index is -4.47. The van der Waals surface area contributed by atoms with Crippen LogP contribution in [0.15, 0.2) is 174 Å². The number of carbonyl (C=O) groups is 1. The number of ketones is 1. The molecule has 2 aliphatic heterocycles. The minimum absolute atomic E-state index is 0.0827. The molecular formula is C51H30F6N2O4. The van der Waals surface area contributed by atoms with Crippen LogP contribution in [0.3, 0.4) is 0 Å². The van der Waals surface area contributed by atoms with Gasteiger partial charge in [-0.2, -0.15) is 26.3 Å². The quantitative estimate of drug-likeness (QED) is 0.164. The number of aromatic nitrogens is 2. The normalized spacial score (nSPS) is 13.4. The molecule has 3 heterocycles. The molecule has 0 unspecified atom stereocenters. The Balaban J connectivity index is 0.000000150. The number of fused-ring (bicyclic) bond motifs is 6. The van der Waals surface area contributed by atoms with Gasteiger partial charge in [-0.15, -0.1) is 10.2 Å². The summed E-state index contributed by atoms with van der Waals surface area (Å²) in [7, 11) is 0. The molecule has 9 aromatic rings. The topological polar surface area (TPSA) is 74.5 Å². The van der Waals surface area contributed by atoms with Crippen molar-refractivity contribution in [2.45, 2.75) is 24.2 Å². The third kappa shape index (κ3) is 7.22. The number of alkyl halides is 6. The second kappa shape index (κ2) is 15.3. The molecule has 1 aromatic heterocycles. The lowest BCUT2D eigenvalue weighted by Crippen LogP contribution is -2.27. The predicted molar refractivity (Wildman–Crippen MR) is 225 cm³/mol. The number of halogens is 6. The predicted octanol–water partition coefficient (Wildman–Crippen LogP) is 14.2. The summed E-state index contributed by atoms with van der Waals surface area (Å²) in [5, 5.41) is 9.75. The molecule has 8 aromatic carbocycles. The fraction of sp³-hybridized carbons (Fsp3) is 0.0784. The molecule has 0 radical (unpaired) electrons. The lowest BCUT2D eigenvalue weighted by molar-refractivity contribution is -0.138. The van der Waals surface area contributed by atoms with Crippen molar-refractivity contribution in [1.82, 2.24) is 10.2 Å². The number of nitrogens with zero attached hydrogens (tertiary/aromatic N) is 2. The number of hydrogen-bond acceptors (Lipinski definition) is 6. The number of Topliss-reactive ketones (excluding diaryl/α,β-unsaturated/α-hetero) is 1. The lowest BCUT2D eigenvalue weighted by atomic mass is 9.75. The van der Waals surface area contributed by atoms with E-state index < -0.39 is 35.3 Å². The third-order valence-electron chi connectivity index (χ3n) is 11.2. The first kappa shape index (κ1) is 39.4. The van der Waals surface area contributed by atoms with Gasteiger partial charge in [0.2, 0.25) is 11.8 Å². The van der Waals surface area contributed by atoms with Crippen LogP contribution in [-0.4, -0.2) is 16.0 Å². The summed E-state index contributed by atoms with van der Waals surface area (Å²) in [4.78, 5) is 14.3. The van der Waals surface area contributed by atoms with Crippen molar-refractivity contribution in [3.8, 4) is 45.9 Å². The van der Waals surface area contributed by atoms with E-state index in [1.165, 1.54) is 12.1 Å². The Labute approximate surface area is 355 Å². The van der Waals surface area contributed by atoms with E-state index in [2.05, 4.69) is 10.2 Å². The molecule has 0 amide bonds. The van der Waals surface area contributed by atoms with Crippen molar-refractivity contribution < 1.29 is 45.0 Å². The molecule has 0 N–H and O–H groups in total. The van der Waals surface area contributed by atoms with Crippen LogP contribution in [0.25, 0.3) is 44.5 Å². The maximum Gasteiger partial charge on any atom is 0.416 e. The zero-order chi connectivity index (χ0) is 43.5. The van der Waals surface area contributed by atoms with Crippen LogP contribution in [-0.2, 0) is 17.1 Å². The molecule has 6 nitrogen and oxygen atoms in total. The highest BCUT2D eigenvalue weighted by Crippen LogP contribution is 2.51. The van der Waals surface area contributed by atoms with E-state index in [1.54, 1.807) is 36.4 Å². The Bertz CT molecular complexity index is 2930. The van der Waals surface area contributed by atoms with Gasteiger partial charge >= 0.3 is 12.4 Å². The summed E-state index contributed by atoms with van der Waals surface area (Å²) in [5.74, 6) is 2.43. The summed E-state index contributed by atoms with van der Waals surface area (Å²) < 4.78 is 96.3. The summed E-state index contributed by atoms with van der Waals surface area (Å²) in [6.45, 7) is 0. The molecule has 0 saturated carbocycles. The Kier molecular flexibility index (Phi) is 9.58. The van der Waals surface area contributed by atoms with Crippen LogP contribution in [0.4, 0.5) is 26.3 Å². The second-order valence-electron chi connectivity index (χ2n) is 15.0. The van der Waals surface area contributed by atoms with Gasteiger partial charge in [-0.25, -0.2) is 0 Å². The number of rotatable bonds is 4. The number of para-hydroxylation sites is 4. The van der Waals surface area contributed by atoms with Gasteiger partial charge in [0, 0.05) is 33.4 Å². The average Bonchev–Trinajstić information content (AvgIpc) is 3.78. The molecule has 310 valence electrons. The highest BCUT2D eigenvalue weighted by molar-refractivity contribution is 6.00. The minimum Gasteiger partial charge on any atom is -0.457 e. The van der Waals surface area contributed by atoms with E-state index in [1.807, 2.05) is 97.1 Å². The van der Waals surface area contributed by atoms with Gasteiger partial charge < -0.3 is 13.9 Å². The smallest absolute Gasteiger partial charge is 0.416 e. The Hall–Kier alpha value is -7.73. The van der Waals surface area contributed by atoms with Crippen LogP contribution in [0, 0.1) is 0 Å². The van der Waals surface area contributed by atoms with E-state index >= 15 is 0 Å². The number of carbonyl (C=O) groups excluding carboxylic acids is 1. The fourth-order valence-electron chi connectivity index (χ4n) is 8.33. The molecule has 0 spiro atoms. The van der Waals surface area contributed by atoms with E-state index in [4.69, 9.17) is 13.9 Å². The highest BCUT2D eigenvalue weighted by atomic mass is 19.4. The summed E-state index contributed by atoms with van der Waals surface area (Å²) in [6, 6.07) is 47.5. The molecule has 63 heavy (non-hydrogen) atoms. The van der Waals surface area contributed by atoms with Crippen LogP contribution in [0.2, 0.25) is 0 Å². The van der Waals surface area contributed by atoms with Crippen molar-refractivity contribution in [2.24, 2.45) is 0 Å². The van der Waals surface area contributed by atoms with E-state index in [0.717, 1.165) is 69.5 Å². The van der Waals surface area contributed by atoms with Gasteiger partial charge in [-0.3, -0.25) is 4.79 Å². The van der Waals surface area contributed by atoms with Crippen molar-refractivity contribution in [3.63, 3.8) is 0 Å². The zero-order valence-corrected chi connectivity index (χ0v) is 32.6. The van der Waals surface area contributed by atoms with Gasteiger partial charge in [-0.05, 0) is 82.2 Å². The highest BCUT2D eigenvalue weighted by Gasteiger charge is 2.41. The zero-order valence-electron chi connectivity index (χ0n) is 32.6. The summed E-state index contributed by atoms with van der Waals surface area (Å²) >= 11 is 0. The van der Waals surface area contributed by atoms with Gasteiger partial charge in [0.25, 0.3) is 0 Å². The Morgan fingerprint density at radius 3 is 1.13 bits per heavy atom. The largest absolute Gasteiger partial charge is 0.457 e. The van der Waals surface area contributed by atoms with Crippen molar-refractivity contribution in [3.05, 3.63) is 203 Å². The van der Waals surface area contributed by atoms with Crippen LogP contribution in [0.5, 0.6) is 23.0 Å². The van der Waals surface area contributed by atoms with Crippen molar-refractivity contribution in [2.75, 3.05) is 0 Å². The van der Waals surface area contributed by atoms with Gasteiger partial charge in [0.15, 0.2) is 5.78 Å². The van der Waals surface area contributed by atoms with Crippen LogP contribution in [0.1, 0.15) is 45.2 Å². The lowest BCUT2D eigenvalue weighted by Gasteiger charge is -2.33. The number of benzene rings is 8. The van der Waals surface area contributed by atoms with Gasteiger partial charge in [0.1, 0.15) is 23.0 Å². The molecule has 11 rings (SSSR count). The van der Waals surface area contributed by atoms with Crippen LogP contribution >= 0.6 is 0 Å². The second-order valence-corrected chi connectivity index (χ2v) is 15.0. The molecular weight excluding hydrogens is 819 g/mol. The monoisotopic (exact) mass is 848 g/mol. The molecule has 0 fully saturated rings. The first-order chi connectivity index (χ1) is 30.4. The first-order valence-corrected chi connectivity index (χ1v) is 19.7. The van der Waals surface area contributed by atoms with E-state index in [-0.39, 0.29) is 17.6 Å². The van der Waals surface area contributed by atoms with E-state index in [0.29, 0.717) is 32.7 Å². The standard InChI is InChI=1S/C27H18O3.C24H12F6N2O/c28-27(25-17-9-1-5-13-21(17)29-22-14-6-2-10-18(22)25)26-19-11-3-7-15-23(19)30-24-16-8-4-12-20(24)26;25-23(26,27)15-7-9-17-13(11-15)3-1-5-19(17)21-31-32-22(33-21)20-6-2-4-14-12-16(24(28,29)30)8-10-18(14)20/h1-16,25-26H;1-12H. The maximum absolute atomic E-state index is 14.3. The maximum atomic E-state index is 14.3. The number of ether oxygens (including phenoxy) is 2. The summed E-state index contributed by atoms with van der Waals surface area (Å²) in [5.41, 5.74) is 2.97. The Morgan fingerprint density at radius 1 is 0.429 bits per heavy atom. The summed E-state index contributed by atoms with van der Waals surface area (Å²) in [6.07, 6.45) is -8.94. The third-order valence-corrected chi connectivity index (χ3v) is 11.2. The fourth-order valence-corrected chi connectivity index (χ4v) is 8.33. The van der Waals surface area contributed by atoms with E-state index in [9.17, 15) is 31.1 Å². The first-order valence-electron chi connectivity index (χ1n) is 19.7. The number of hydrogen-bond donors (Lipinski definition) is 0.